The largest absolute Gasteiger partial charge is 0.508 e. The second kappa shape index (κ2) is 17.2. The Bertz CT molecular complexity index is 2540. The maximum absolute atomic E-state index is 16.3. The Labute approximate surface area is 431 Å². The van der Waals surface area contributed by atoms with Crippen LogP contribution >= 0.6 is 0 Å². The van der Waals surface area contributed by atoms with Gasteiger partial charge in [-0.3, -0.25) is 9.59 Å². The van der Waals surface area contributed by atoms with E-state index in [-0.39, 0.29) is 45.9 Å². The van der Waals surface area contributed by atoms with Crippen LogP contribution in [0.4, 0.5) is 5.69 Å². The van der Waals surface area contributed by atoms with Gasteiger partial charge in [-0.05, 0) is 203 Å². The van der Waals surface area contributed by atoms with E-state index in [1.807, 2.05) is 32.2 Å². The van der Waals surface area contributed by atoms with Crippen LogP contribution in [0.25, 0.3) is 0 Å². The van der Waals surface area contributed by atoms with E-state index < -0.39 is 33.7 Å². The number of phenolic OH excluding ortho intramolecular Hbond substituents is 1. The predicted molar refractivity (Wildman–Crippen MR) is 283 cm³/mol. The highest BCUT2D eigenvalue weighted by molar-refractivity contribution is 6.01. The first-order chi connectivity index (χ1) is 34.3. The van der Waals surface area contributed by atoms with Crippen LogP contribution < -0.4 is 16.4 Å². The number of fused-ring (bicyclic) bond motifs is 2. The van der Waals surface area contributed by atoms with Crippen LogP contribution in [-0.2, 0) is 26.3 Å². The number of nitrogens with one attached hydrogen (secondary N) is 2. The molecule has 9 aliphatic carbocycles. The molecule has 7 N–H and O–H groups in total. The van der Waals surface area contributed by atoms with Crippen LogP contribution in [0.1, 0.15) is 198 Å². The number of rotatable bonds is 8. The van der Waals surface area contributed by atoms with E-state index in [2.05, 4.69) is 62.6 Å². The molecule has 9 fully saturated rings. The van der Waals surface area contributed by atoms with Crippen molar-refractivity contribution in [1.29, 1.82) is 0 Å². The van der Waals surface area contributed by atoms with Gasteiger partial charge in [0, 0.05) is 41.6 Å². The van der Waals surface area contributed by atoms with Crippen molar-refractivity contribution in [2.24, 2.45) is 57.2 Å². The van der Waals surface area contributed by atoms with Gasteiger partial charge in [-0.25, -0.2) is 0 Å². The maximum atomic E-state index is 16.3. The van der Waals surface area contributed by atoms with Gasteiger partial charge in [0.05, 0.1) is 22.7 Å². The number of nitrogens with two attached hydrogens (primary N) is 1. The highest BCUT2D eigenvalue weighted by Crippen LogP contribution is 2.81. The summed E-state index contributed by atoms with van der Waals surface area (Å²) in [5.74, 6) is 2.79. The predicted octanol–water partition coefficient (Wildman–Crippen LogP) is 11.2. The molecule has 17 atom stereocenters. The average Bonchev–Trinajstić information content (AvgIpc) is 3.68. The van der Waals surface area contributed by atoms with Crippen molar-refractivity contribution >= 4 is 17.3 Å². The Morgan fingerprint density at radius 1 is 0.861 bits per heavy atom. The van der Waals surface area contributed by atoms with E-state index in [1.165, 1.54) is 30.4 Å². The Balaban J connectivity index is 0.976. The fraction of sp³-hybridized carbons (Fsp3) is 0.746. The first-order valence-electron chi connectivity index (χ1n) is 29.2. The highest BCUT2D eigenvalue weighted by atomic mass is 16.6. The number of ketones is 2. The smallest absolute Gasteiger partial charge is 0.160 e. The molecule has 7 saturated carbocycles. The molecule has 0 radical (unpaired) electrons. The number of phenols is 1. The molecule has 2 aromatic carbocycles. The summed E-state index contributed by atoms with van der Waals surface area (Å²) < 4.78 is 6.80. The number of β-amino-alcohol motifs (C(OH)–C–C–N with tert-alkyl or cyclic N) is 1. The Hall–Kier alpha value is -3.08. The topological polar surface area (TPSA) is 157 Å². The minimum absolute atomic E-state index is 0.00215. The Morgan fingerprint density at radius 3 is 2.46 bits per heavy atom. The van der Waals surface area contributed by atoms with Gasteiger partial charge in [-0.1, -0.05) is 95.9 Å². The van der Waals surface area contributed by atoms with E-state index in [9.17, 15) is 15.3 Å². The number of benzene rings is 2. The van der Waals surface area contributed by atoms with Gasteiger partial charge in [0.25, 0.3) is 0 Å². The van der Waals surface area contributed by atoms with E-state index >= 15 is 9.59 Å². The van der Waals surface area contributed by atoms with Gasteiger partial charge in [0.1, 0.15) is 17.6 Å². The number of epoxide rings is 1. The summed E-state index contributed by atoms with van der Waals surface area (Å²) in [5.41, 5.74) is 8.85. The lowest BCUT2D eigenvalue weighted by Crippen LogP contribution is -2.76. The number of anilines is 1. The molecule has 9 bridgehead atoms. The fourth-order valence-electron chi connectivity index (χ4n) is 21.5. The molecule has 0 aromatic heterocycles. The van der Waals surface area contributed by atoms with Crippen LogP contribution in [0.5, 0.6) is 5.75 Å². The van der Waals surface area contributed by atoms with Gasteiger partial charge >= 0.3 is 0 Å². The highest BCUT2D eigenvalue weighted by Gasteiger charge is 2.79. The molecular formula is C63H89N3O6. The third-order valence-corrected chi connectivity index (χ3v) is 23.9. The zero-order chi connectivity index (χ0) is 50.4. The number of hydrogen-bond donors (Lipinski definition) is 6. The number of nitrogen functional groups attached to an aromatic ring is 1. The molecule has 13 rings (SSSR count). The molecule has 2 saturated heterocycles. The molecule has 72 heavy (non-hydrogen) atoms. The average molecular weight is 984 g/mol. The molecule has 392 valence electrons. The zero-order valence-electron chi connectivity index (χ0n) is 44.9. The summed E-state index contributed by atoms with van der Waals surface area (Å²) >= 11 is 0. The molecular weight excluding hydrogens is 895 g/mol. The molecule has 2 aliphatic heterocycles. The van der Waals surface area contributed by atoms with Gasteiger partial charge < -0.3 is 36.4 Å². The first-order valence-corrected chi connectivity index (χ1v) is 29.2. The molecule has 11 aliphatic rings. The summed E-state index contributed by atoms with van der Waals surface area (Å²) in [6.07, 6.45) is 19.8. The van der Waals surface area contributed by atoms with Crippen LogP contribution in [-0.4, -0.2) is 69.4 Å². The summed E-state index contributed by atoms with van der Waals surface area (Å²) in [6, 6.07) is 14.4. The standard InChI is InChI=1S/C63H89N3O6/c1-56(71)23-9-10-24-57(2)54-58(3)35-61(55(57)70,41-28-38(34-65-6)29-43(67)31-41)26-27-63(54,66-37-56)36-62-25-13-16-39-14-7-8-18-44(39)46(52-48(21-22-51(58)62)59(62,4)33-50(52)69)32-49(68)53-60(5,72-53)47-20-12-19-45(47)40-15-11-17-42(64)30-40/h11,15,17,28-31,39,44-47,49,51,53-54,65-68,71H,7-10,12-14,16,18-27,32-37,64H2,1-6H3/t39-,44-,45+,46+,47-,49-,51-,53-,54+,56+,57-,58+,59+,60-,61+,62+,63+/m1/s1. The first kappa shape index (κ1) is 49.8. The number of allylic oxidation sites excluding steroid dienone is 2. The quantitative estimate of drug-likeness (QED) is 0.112. The third kappa shape index (κ3) is 7.20. The molecule has 0 amide bonds. The lowest BCUT2D eigenvalue weighted by Gasteiger charge is -2.74. The van der Waals surface area contributed by atoms with E-state index in [0.29, 0.717) is 74.0 Å². The number of hydrogen-bond acceptors (Lipinski definition) is 9. The van der Waals surface area contributed by atoms with E-state index in [0.717, 1.165) is 119 Å². The number of aromatic hydroxyl groups is 1. The SMILES string of the molecule is CNCc1cc(O)cc([C@]23CC[C@]45C[C@@]67CCC[C@H]8CCCC[C@H]8[C@H](C[C@@H](O)[C@H]8O[C@]8(C)[C@@H]8CCC[C@H]8c8cccc(N)c8)C8=C(CC[C@@H]6[C@](C)(C2)[C@@H]4[C@@](C)(CCCC[C@](C)(O)CN5)C3=O)[C@]7(C)CC8=O)c1. The summed E-state index contributed by atoms with van der Waals surface area (Å²) in [6.45, 7) is 12.8. The van der Waals surface area contributed by atoms with Gasteiger partial charge in [0.2, 0.25) is 0 Å². The maximum Gasteiger partial charge on any atom is 0.160 e. The minimum Gasteiger partial charge on any atom is -0.508 e. The van der Waals surface area contributed by atoms with Crippen molar-refractivity contribution < 1.29 is 29.6 Å². The van der Waals surface area contributed by atoms with E-state index in [4.69, 9.17) is 10.5 Å². The lowest BCUT2D eigenvalue weighted by atomic mass is 9.30. The van der Waals surface area contributed by atoms with Crippen molar-refractivity contribution in [2.45, 2.75) is 223 Å². The van der Waals surface area contributed by atoms with Gasteiger partial charge in [0.15, 0.2) is 5.78 Å². The van der Waals surface area contributed by atoms with Crippen LogP contribution in [0.2, 0.25) is 0 Å². The monoisotopic (exact) mass is 984 g/mol. The van der Waals surface area contributed by atoms with Gasteiger partial charge in [-0.15, -0.1) is 0 Å². The second-order valence-corrected chi connectivity index (χ2v) is 27.9. The number of ether oxygens (including phenoxy) is 1. The van der Waals surface area contributed by atoms with Crippen molar-refractivity contribution in [2.75, 3.05) is 19.3 Å². The number of aliphatic hydroxyl groups is 2. The Kier molecular flexibility index (Phi) is 11.9. The van der Waals surface area contributed by atoms with Crippen molar-refractivity contribution in [3.63, 3.8) is 0 Å². The second-order valence-electron chi connectivity index (χ2n) is 27.9. The third-order valence-electron chi connectivity index (χ3n) is 23.9. The van der Waals surface area contributed by atoms with Crippen molar-refractivity contribution in [3.05, 3.63) is 70.3 Å². The molecule has 2 aromatic rings. The molecule has 9 heteroatoms. The number of carbonyl (C=O) groups excluding carboxylic acids is 2. The molecule has 0 unspecified atom stereocenters. The summed E-state index contributed by atoms with van der Waals surface area (Å²) in [4.78, 5) is 32.0. The molecule has 1 spiro atoms. The molecule has 2 heterocycles. The lowest BCUT2D eigenvalue weighted by molar-refractivity contribution is -0.226. The van der Waals surface area contributed by atoms with E-state index in [1.54, 1.807) is 0 Å². The van der Waals surface area contributed by atoms with Crippen molar-refractivity contribution in [1.82, 2.24) is 10.6 Å². The minimum atomic E-state index is -0.888. The number of aliphatic hydroxyl groups excluding tert-OH is 1. The Morgan fingerprint density at radius 2 is 1.65 bits per heavy atom. The number of carbonyl (C=O) groups is 2. The molecule has 9 nitrogen and oxygen atoms in total. The van der Waals surface area contributed by atoms with Crippen molar-refractivity contribution in [3.8, 4) is 5.75 Å². The summed E-state index contributed by atoms with van der Waals surface area (Å²) in [7, 11) is 1.94. The van der Waals surface area contributed by atoms with Crippen LogP contribution in [0, 0.1) is 57.2 Å². The normalized spacial score (nSPS) is 47.1. The van der Waals surface area contributed by atoms with Crippen LogP contribution in [0.15, 0.2) is 53.6 Å². The fourth-order valence-corrected chi connectivity index (χ4v) is 21.5. The summed E-state index contributed by atoms with van der Waals surface area (Å²) in [5, 5.41) is 44.0. The number of Topliss-reactive ketones (excluding diaryl/α,β-unsaturated/α-hetero) is 2. The van der Waals surface area contributed by atoms with Crippen LogP contribution in [0.3, 0.4) is 0 Å². The van der Waals surface area contributed by atoms with Gasteiger partial charge in [-0.2, -0.15) is 0 Å². The zero-order valence-corrected chi connectivity index (χ0v) is 44.9.